The molecular weight excluding hydrogens is 415 g/mol. The van der Waals surface area contributed by atoms with Crippen LogP contribution in [0.1, 0.15) is 27.9 Å². The molecule has 2 heterocycles. The van der Waals surface area contributed by atoms with Gasteiger partial charge in [0.25, 0.3) is 0 Å². The molecule has 2 amide bonds. The second-order valence-electron chi connectivity index (χ2n) is 7.54. The highest BCUT2D eigenvalue weighted by Gasteiger charge is 2.25. The summed E-state index contributed by atoms with van der Waals surface area (Å²) >= 11 is 1.73. The Morgan fingerprint density at radius 2 is 1.90 bits per heavy atom. The van der Waals surface area contributed by atoms with E-state index in [0.717, 1.165) is 39.5 Å². The van der Waals surface area contributed by atoms with Crippen LogP contribution in [0.3, 0.4) is 0 Å². The van der Waals surface area contributed by atoms with Crippen molar-refractivity contribution in [2.24, 2.45) is 0 Å². The Balaban J connectivity index is 1.42. The molecule has 2 aromatic carbocycles. The Morgan fingerprint density at radius 3 is 2.68 bits per heavy atom. The fourth-order valence-electron chi connectivity index (χ4n) is 3.50. The maximum atomic E-state index is 13.0. The molecule has 160 valence electrons. The molecular formula is C23H23FN4O2S. The number of thioether (sulfide) groups is 1. The van der Waals surface area contributed by atoms with Crippen LogP contribution in [0.2, 0.25) is 0 Å². The van der Waals surface area contributed by atoms with Gasteiger partial charge in [-0.3, -0.25) is 9.59 Å². The summed E-state index contributed by atoms with van der Waals surface area (Å²) in [7, 11) is 0. The molecule has 4 rings (SSSR count). The molecule has 0 bridgehead atoms. The summed E-state index contributed by atoms with van der Waals surface area (Å²) in [5.74, 6) is 1.43. The molecule has 0 radical (unpaired) electrons. The Bertz CT molecular complexity index is 1110. The minimum atomic E-state index is -0.315. The van der Waals surface area contributed by atoms with Crippen LogP contribution in [0.25, 0.3) is 0 Å². The minimum Gasteiger partial charge on any atom is -0.350 e. The van der Waals surface area contributed by atoms with Crippen LogP contribution in [0.15, 0.2) is 48.5 Å². The van der Waals surface area contributed by atoms with Crippen molar-refractivity contribution in [2.45, 2.75) is 37.9 Å². The molecule has 0 aliphatic carbocycles. The fourth-order valence-corrected chi connectivity index (χ4v) is 4.53. The molecule has 0 saturated heterocycles. The fraction of sp³-hybridized carbons (Fsp3) is 0.261. The average molecular weight is 439 g/mol. The molecule has 0 unspecified atom stereocenters. The third-order valence-corrected chi connectivity index (χ3v) is 5.99. The van der Waals surface area contributed by atoms with E-state index < -0.39 is 0 Å². The number of carbonyl (C=O) groups excluding carboxylic acids is 2. The normalized spacial score (nSPS) is 12.5. The number of benzene rings is 2. The Hall–Kier alpha value is -3.13. The van der Waals surface area contributed by atoms with Crippen molar-refractivity contribution in [3.8, 4) is 0 Å². The van der Waals surface area contributed by atoms with E-state index in [1.165, 1.54) is 12.1 Å². The number of halogens is 1. The molecule has 1 aliphatic heterocycles. The molecule has 0 atom stereocenters. The van der Waals surface area contributed by atoms with Crippen LogP contribution >= 0.6 is 11.8 Å². The van der Waals surface area contributed by atoms with Gasteiger partial charge in [0.15, 0.2) is 0 Å². The minimum absolute atomic E-state index is 0.00107. The van der Waals surface area contributed by atoms with E-state index in [1.54, 1.807) is 28.6 Å². The third-order valence-electron chi connectivity index (χ3n) is 5.02. The summed E-state index contributed by atoms with van der Waals surface area (Å²) in [6, 6.07) is 13.8. The SMILES string of the molecule is Cc1cccc(CC(=O)Nc2c3c(nn2CC(=O)NCc2ccc(F)cc2)CSC3)c1. The predicted octanol–water partition coefficient (Wildman–Crippen LogP) is 3.58. The number of nitrogens with zero attached hydrogens (tertiary/aromatic N) is 2. The number of aromatic nitrogens is 2. The van der Waals surface area contributed by atoms with Crippen molar-refractivity contribution in [2.75, 3.05) is 5.32 Å². The van der Waals surface area contributed by atoms with Gasteiger partial charge in [0, 0.05) is 23.6 Å². The second kappa shape index (κ2) is 9.34. The number of aryl methyl sites for hydroxylation is 1. The van der Waals surface area contributed by atoms with Gasteiger partial charge in [0.1, 0.15) is 18.2 Å². The number of amides is 2. The number of hydrogen-bond acceptors (Lipinski definition) is 4. The topological polar surface area (TPSA) is 76.0 Å². The van der Waals surface area contributed by atoms with Gasteiger partial charge < -0.3 is 10.6 Å². The van der Waals surface area contributed by atoms with Crippen molar-refractivity contribution in [3.05, 3.63) is 82.3 Å². The number of nitrogens with one attached hydrogen (secondary N) is 2. The monoisotopic (exact) mass is 438 g/mol. The smallest absolute Gasteiger partial charge is 0.242 e. The van der Waals surface area contributed by atoms with E-state index in [0.29, 0.717) is 12.4 Å². The highest BCUT2D eigenvalue weighted by Crippen LogP contribution is 2.34. The number of carbonyl (C=O) groups is 2. The molecule has 0 fully saturated rings. The van der Waals surface area contributed by atoms with Gasteiger partial charge in [0.05, 0.1) is 12.1 Å². The lowest BCUT2D eigenvalue weighted by Crippen LogP contribution is -2.29. The maximum Gasteiger partial charge on any atom is 0.242 e. The summed E-state index contributed by atoms with van der Waals surface area (Å²) in [5, 5.41) is 10.3. The number of rotatable bonds is 7. The van der Waals surface area contributed by atoms with Crippen molar-refractivity contribution >= 4 is 29.4 Å². The van der Waals surface area contributed by atoms with Crippen LogP contribution in [-0.2, 0) is 40.6 Å². The van der Waals surface area contributed by atoms with Gasteiger partial charge in [-0.2, -0.15) is 16.9 Å². The first-order valence-electron chi connectivity index (χ1n) is 10.0. The average Bonchev–Trinajstić information content (AvgIpc) is 3.30. The lowest BCUT2D eigenvalue weighted by molar-refractivity contribution is -0.122. The summed E-state index contributed by atoms with van der Waals surface area (Å²) in [5.41, 5.74) is 4.73. The van der Waals surface area contributed by atoms with E-state index >= 15 is 0 Å². The highest BCUT2D eigenvalue weighted by molar-refractivity contribution is 7.98. The van der Waals surface area contributed by atoms with Crippen molar-refractivity contribution in [3.63, 3.8) is 0 Å². The van der Waals surface area contributed by atoms with E-state index in [9.17, 15) is 14.0 Å². The van der Waals surface area contributed by atoms with Gasteiger partial charge in [-0.1, -0.05) is 42.0 Å². The molecule has 2 N–H and O–H groups in total. The number of hydrogen-bond donors (Lipinski definition) is 2. The molecule has 1 aromatic heterocycles. The zero-order valence-electron chi connectivity index (χ0n) is 17.2. The predicted molar refractivity (Wildman–Crippen MR) is 119 cm³/mol. The van der Waals surface area contributed by atoms with Crippen molar-refractivity contribution in [1.82, 2.24) is 15.1 Å². The van der Waals surface area contributed by atoms with Crippen LogP contribution in [0, 0.1) is 12.7 Å². The first kappa shape index (κ1) is 21.1. The first-order valence-corrected chi connectivity index (χ1v) is 11.2. The van der Waals surface area contributed by atoms with Gasteiger partial charge in [0.2, 0.25) is 11.8 Å². The lowest BCUT2D eigenvalue weighted by atomic mass is 10.1. The summed E-state index contributed by atoms with van der Waals surface area (Å²) in [6.07, 6.45) is 0.255. The quantitative estimate of drug-likeness (QED) is 0.591. The summed E-state index contributed by atoms with van der Waals surface area (Å²) in [6.45, 7) is 2.29. The number of anilines is 1. The lowest BCUT2D eigenvalue weighted by Gasteiger charge is -2.12. The Kier molecular flexibility index (Phi) is 6.36. The van der Waals surface area contributed by atoms with Gasteiger partial charge in [-0.05, 0) is 30.2 Å². The molecule has 0 saturated carbocycles. The van der Waals surface area contributed by atoms with Crippen LogP contribution in [0.4, 0.5) is 10.2 Å². The largest absolute Gasteiger partial charge is 0.350 e. The Labute approximate surface area is 184 Å². The summed E-state index contributed by atoms with van der Waals surface area (Å²) < 4.78 is 14.6. The van der Waals surface area contributed by atoms with Gasteiger partial charge >= 0.3 is 0 Å². The first-order chi connectivity index (χ1) is 15.0. The third kappa shape index (κ3) is 5.32. The van der Waals surface area contributed by atoms with E-state index in [1.807, 2.05) is 31.2 Å². The zero-order valence-corrected chi connectivity index (χ0v) is 18.0. The molecule has 31 heavy (non-hydrogen) atoms. The van der Waals surface area contributed by atoms with E-state index in [-0.39, 0.29) is 30.6 Å². The van der Waals surface area contributed by atoms with E-state index in [4.69, 9.17) is 0 Å². The Morgan fingerprint density at radius 1 is 1.10 bits per heavy atom. The highest BCUT2D eigenvalue weighted by atomic mass is 32.2. The molecule has 0 spiro atoms. The van der Waals surface area contributed by atoms with Crippen molar-refractivity contribution < 1.29 is 14.0 Å². The standard InChI is InChI=1S/C23H23FN4O2S/c1-15-3-2-4-17(9-15)10-21(29)26-23-19-13-31-14-20(19)27-28(23)12-22(30)25-11-16-5-7-18(24)8-6-16/h2-9H,10-14H2,1H3,(H,25,30)(H,26,29). The van der Waals surface area contributed by atoms with Crippen LogP contribution in [-0.4, -0.2) is 21.6 Å². The van der Waals surface area contributed by atoms with Gasteiger partial charge in [-0.15, -0.1) is 0 Å². The number of fused-ring (bicyclic) bond motifs is 1. The maximum absolute atomic E-state index is 13.0. The zero-order chi connectivity index (χ0) is 21.8. The molecule has 3 aromatic rings. The van der Waals surface area contributed by atoms with Crippen LogP contribution in [0.5, 0.6) is 0 Å². The van der Waals surface area contributed by atoms with E-state index in [2.05, 4.69) is 15.7 Å². The second-order valence-corrected chi connectivity index (χ2v) is 8.53. The van der Waals surface area contributed by atoms with Crippen LogP contribution < -0.4 is 10.6 Å². The molecule has 1 aliphatic rings. The summed E-state index contributed by atoms with van der Waals surface area (Å²) in [4.78, 5) is 25.2. The van der Waals surface area contributed by atoms with Gasteiger partial charge in [-0.25, -0.2) is 9.07 Å². The molecule has 8 heteroatoms. The van der Waals surface area contributed by atoms with Crippen molar-refractivity contribution in [1.29, 1.82) is 0 Å². The molecule has 6 nitrogen and oxygen atoms in total.